The van der Waals surface area contributed by atoms with Gasteiger partial charge in [-0.05, 0) is 18.2 Å². The number of rotatable bonds is 5. The van der Waals surface area contributed by atoms with Gasteiger partial charge in [-0.3, -0.25) is 4.79 Å². The van der Waals surface area contributed by atoms with Crippen LogP contribution in [0.3, 0.4) is 0 Å². The molecule has 2 rings (SSSR count). The number of benzene rings is 1. The number of aromatic amines is 1. The Bertz CT molecular complexity index is 550. The highest BCUT2D eigenvalue weighted by molar-refractivity contribution is 5.93. The predicted molar refractivity (Wildman–Crippen MR) is 71.5 cm³/mol. The Morgan fingerprint density at radius 3 is 2.74 bits per heavy atom. The maximum absolute atomic E-state index is 11.8. The summed E-state index contributed by atoms with van der Waals surface area (Å²) in [6, 6.07) is 7.22. The van der Waals surface area contributed by atoms with Gasteiger partial charge in [0, 0.05) is 30.6 Å². The molecule has 19 heavy (non-hydrogen) atoms. The van der Waals surface area contributed by atoms with Crippen LogP contribution in [0.2, 0.25) is 0 Å². The van der Waals surface area contributed by atoms with Crippen LogP contribution in [0.15, 0.2) is 36.7 Å². The third kappa shape index (κ3) is 3.07. The van der Waals surface area contributed by atoms with E-state index in [1.165, 1.54) is 0 Å². The zero-order valence-electron chi connectivity index (χ0n) is 10.9. The second kappa shape index (κ2) is 5.95. The summed E-state index contributed by atoms with van der Waals surface area (Å²) in [5, 5.41) is 2.83. The Hall–Kier alpha value is -2.43. The Balaban J connectivity index is 2.05. The van der Waals surface area contributed by atoms with Crippen LogP contribution in [-0.2, 0) is 6.54 Å². The van der Waals surface area contributed by atoms with Gasteiger partial charge >= 0.3 is 0 Å². The molecule has 0 saturated carbocycles. The minimum Gasteiger partial charge on any atom is -0.497 e. The van der Waals surface area contributed by atoms with Gasteiger partial charge in [0.1, 0.15) is 11.5 Å². The highest BCUT2D eigenvalue weighted by atomic mass is 16.5. The maximum Gasteiger partial charge on any atom is 0.253 e. The summed E-state index contributed by atoms with van der Waals surface area (Å²) in [5.41, 5.74) is 1.50. The standard InChI is InChI=1S/C14H16N2O3/c1-18-12-4-3-10(13(7-12)19-2)9-16-14(17)11-5-6-15-8-11/h3-8,15H,9H2,1-2H3,(H,16,17). The Morgan fingerprint density at radius 1 is 1.26 bits per heavy atom. The van der Waals surface area contributed by atoms with E-state index in [4.69, 9.17) is 9.47 Å². The van der Waals surface area contributed by atoms with Crippen molar-refractivity contribution in [2.75, 3.05) is 14.2 Å². The first-order valence-corrected chi connectivity index (χ1v) is 5.86. The summed E-state index contributed by atoms with van der Waals surface area (Å²) in [5.74, 6) is 1.28. The first-order chi connectivity index (χ1) is 9.24. The third-order valence-electron chi connectivity index (χ3n) is 2.79. The van der Waals surface area contributed by atoms with Crippen LogP contribution in [0.25, 0.3) is 0 Å². The number of aromatic nitrogens is 1. The van der Waals surface area contributed by atoms with Gasteiger partial charge in [0.05, 0.1) is 19.8 Å². The molecular weight excluding hydrogens is 244 g/mol. The minimum atomic E-state index is -0.126. The van der Waals surface area contributed by atoms with Crippen molar-refractivity contribution in [2.45, 2.75) is 6.54 Å². The van der Waals surface area contributed by atoms with Crippen molar-refractivity contribution in [2.24, 2.45) is 0 Å². The normalized spacial score (nSPS) is 10.0. The van der Waals surface area contributed by atoms with Crippen molar-refractivity contribution in [1.82, 2.24) is 10.3 Å². The van der Waals surface area contributed by atoms with Crippen molar-refractivity contribution < 1.29 is 14.3 Å². The average molecular weight is 260 g/mol. The highest BCUT2D eigenvalue weighted by Crippen LogP contribution is 2.24. The molecule has 1 heterocycles. The van der Waals surface area contributed by atoms with Crippen molar-refractivity contribution in [3.05, 3.63) is 47.8 Å². The van der Waals surface area contributed by atoms with Gasteiger partial charge < -0.3 is 19.8 Å². The van der Waals surface area contributed by atoms with Crippen LogP contribution in [-0.4, -0.2) is 25.1 Å². The highest BCUT2D eigenvalue weighted by Gasteiger charge is 2.08. The second-order valence-electron chi connectivity index (χ2n) is 3.96. The first-order valence-electron chi connectivity index (χ1n) is 5.86. The number of nitrogens with one attached hydrogen (secondary N) is 2. The molecule has 0 fully saturated rings. The third-order valence-corrected chi connectivity index (χ3v) is 2.79. The van der Waals surface area contributed by atoms with Gasteiger partial charge in [0.25, 0.3) is 5.91 Å². The Morgan fingerprint density at radius 2 is 2.11 bits per heavy atom. The van der Waals surface area contributed by atoms with E-state index in [0.717, 1.165) is 11.3 Å². The van der Waals surface area contributed by atoms with Crippen molar-refractivity contribution in [3.8, 4) is 11.5 Å². The van der Waals surface area contributed by atoms with E-state index in [2.05, 4.69) is 10.3 Å². The molecule has 1 amide bonds. The zero-order valence-corrected chi connectivity index (χ0v) is 10.9. The number of hydrogen-bond acceptors (Lipinski definition) is 3. The molecule has 1 aromatic heterocycles. The molecule has 0 spiro atoms. The SMILES string of the molecule is COc1ccc(CNC(=O)c2cc[nH]c2)c(OC)c1. The van der Waals surface area contributed by atoms with Gasteiger partial charge in [-0.1, -0.05) is 0 Å². The number of carbonyl (C=O) groups excluding carboxylic acids is 1. The summed E-state index contributed by atoms with van der Waals surface area (Å²) in [7, 11) is 3.19. The number of carbonyl (C=O) groups is 1. The topological polar surface area (TPSA) is 63.3 Å². The summed E-state index contributed by atoms with van der Waals surface area (Å²) < 4.78 is 10.4. The number of H-pyrrole nitrogens is 1. The largest absolute Gasteiger partial charge is 0.497 e. The molecule has 0 atom stereocenters. The molecule has 0 aliphatic carbocycles. The van der Waals surface area contributed by atoms with Crippen LogP contribution in [0, 0.1) is 0 Å². The number of ether oxygens (including phenoxy) is 2. The minimum absolute atomic E-state index is 0.126. The molecule has 0 unspecified atom stereocenters. The van der Waals surface area contributed by atoms with Crippen molar-refractivity contribution in [3.63, 3.8) is 0 Å². The molecule has 0 radical (unpaired) electrons. The van der Waals surface area contributed by atoms with Gasteiger partial charge in [0.2, 0.25) is 0 Å². The van der Waals surface area contributed by atoms with Crippen LogP contribution >= 0.6 is 0 Å². The number of amides is 1. The fraction of sp³-hybridized carbons (Fsp3) is 0.214. The van der Waals surface area contributed by atoms with E-state index in [1.807, 2.05) is 12.1 Å². The number of hydrogen-bond donors (Lipinski definition) is 2. The Kier molecular flexibility index (Phi) is 4.07. The molecule has 1 aromatic carbocycles. The maximum atomic E-state index is 11.8. The Labute approximate surface area is 111 Å². The summed E-state index contributed by atoms with van der Waals surface area (Å²) >= 11 is 0. The average Bonchev–Trinajstić information content (AvgIpc) is 2.98. The molecule has 2 N–H and O–H groups in total. The number of methoxy groups -OCH3 is 2. The molecule has 5 heteroatoms. The van der Waals surface area contributed by atoms with Crippen molar-refractivity contribution >= 4 is 5.91 Å². The van der Waals surface area contributed by atoms with Gasteiger partial charge in [0.15, 0.2) is 0 Å². The molecule has 0 saturated heterocycles. The molecule has 5 nitrogen and oxygen atoms in total. The van der Waals surface area contributed by atoms with E-state index in [1.54, 1.807) is 38.7 Å². The summed E-state index contributed by atoms with van der Waals surface area (Å²) in [4.78, 5) is 14.6. The fourth-order valence-electron chi connectivity index (χ4n) is 1.74. The van der Waals surface area contributed by atoms with E-state index in [9.17, 15) is 4.79 Å². The summed E-state index contributed by atoms with van der Waals surface area (Å²) in [6.45, 7) is 0.400. The zero-order chi connectivity index (χ0) is 13.7. The van der Waals surface area contributed by atoms with E-state index < -0.39 is 0 Å². The smallest absolute Gasteiger partial charge is 0.253 e. The molecule has 2 aromatic rings. The van der Waals surface area contributed by atoms with E-state index >= 15 is 0 Å². The lowest BCUT2D eigenvalue weighted by Crippen LogP contribution is -2.22. The fourth-order valence-corrected chi connectivity index (χ4v) is 1.74. The first kappa shape index (κ1) is 13.0. The van der Waals surface area contributed by atoms with Gasteiger partial charge in [-0.15, -0.1) is 0 Å². The van der Waals surface area contributed by atoms with Crippen molar-refractivity contribution in [1.29, 1.82) is 0 Å². The van der Waals surface area contributed by atoms with E-state index in [0.29, 0.717) is 17.9 Å². The van der Waals surface area contributed by atoms with Gasteiger partial charge in [-0.25, -0.2) is 0 Å². The lowest BCUT2D eigenvalue weighted by Gasteiger charge is -2.11. The molecule has 100 valence electrons. The molecule has 0 aliphatic rings. The van der Waals surface area contributed by atoms with Gasteiger partial charge in [-0.2, -0.15) is 0 Å². The van der Waals surface area contributed by atoms with E-state index in [-0.39, 0.29) is 5.91 Å². The molecule has 0 aliphatic heterocycles. The molecular formula is C14H16N2O3. The van der Waals surface area contributed by atoms with Crippen LogP contribution < -0.4 is 14.8 Å². The lowest BCUT2D eigenvalue weighted by atomic mass is 10.2. The quantitative estimate of drug-likeness (QED) is 0.863. The van der Waals surface area contributed by atoms with Crippen LogP contribution in [0.1, 0.15) is 15.9 Å². The van der Waals surface area contributed by atoms with Crippen LogP contribution in [0.4, 0.5) is 0 Å². The predicted octanol–water partition coefficient (Wildman–Crippen LogP) is 1.96. The van der Waals surface area contributed by atoms with Crippen LogP contribution in [0.5, 0.6) is 11.5 Å². The second-order valence-corrected chi connectivity index (χ2v) is 3.96. The molecule has 0 bridgehead atoms. The lowest BCUT2D eigenvalue weighted by molar-refractivity contribution is 0.0951. The monoisotopic (exact) mass is 260 g/mol. The summed E-state index contributed by atoms with van der Waals surface area (Å²) in [6.07, 6.45) is 3.36.